The predicted molar refractivity (Wildman–Crippen MR) is 101 cm³/mol. The molecule has 7 nitrogen and oxygen atoms in total. The molecule has 2 N–H and O–H groups in total. The lowest BCUT2D eigenvalue weighted by Gasteiger charge is -2.29. The number of hydrogen-bond donors (Lipinski definition) is 2. The number of nitrogens with one attached hydrogen (secondary N) is 2. The minimum atomic E-state index is -3.17. The van der Waals surface area contributed by atoms with Crippen LogP contribution in [-0.2, 0) is 10.0 Å². The second-order valence-corrected chi connectivity index (χ2v) is 9.40. The lowest BCUT2D eigenvalue weighted by Crippen LogP contribution is -2.37. The molecule has 0 aromatic carbocycles. The highest BCUT2D eigenvalue weighted by Crippen LogP contribution is 2.26. The van der Waals surface area contributed by atoms with Crippen molar-refractivity contribution in [2.75, 3.05) is 11.9 Å². The summed E-state index contributed by atoms with van der Waals surface area (Å²) in [5.41, 5.74) is 0.849. The molecule has 1 fully saturated rings. The minimum absolute atomic E-state index is 0.369. The van der Waals surface area contributed by atoms with E-state index >= 15 is 0 Å². The molecule has 1 aliphatic carbocycles. The van der Waals surface area contributed by atoms with E-state index in [9.17, 15) is 8.42 Å². The Kier molecular flexibility index (Phi) is 5.93. The number of anilines is 1. The molecule has 0 bridgehead atoms. The van der Waals surface area contributed by atoms with Crippen molar-refractivity contribution in [1.29, 1.82) is 0 Å². The van der Waals surface area contributed by atoms with E-state index in [-0.39, 0.29) is 5.25 Å². The monoisotopic (exact) mass is 378 g/mol. The topological polar surface area (TPSA) is 97.1 Å². The Bertz CT molecular complexity index is 780. The van der Waals surface area contributed by atoms with Crippen molar-refractivity contribution in [1.82, 2.24) is 14.7 Å². The molecule has 0 atom stereocenters. The number of nitrogens with zero attached hydrogens (tertiary/aromatic N) is 2. The Morgan fingerprint density at radius 1 is 1.19 bits per heavy atom. The Morgan fingerprint density at radius 2 is 1.96 bits per heavy atom. The van der Waals surface area contributed by atoms with Crippen molar-refractivity contribution in [2.24, 2.45) is 5.92 Å². The van der Waals surface area contributed by atoms with Crippen molar-refractivity contribution < 1.29 is 12.8 Å². The molecule has 0 amide bonds. The van der Waals surface area contributed by atoms with E-state index in [0.717, 1.165) is 37.1 Å². The molecule has 1 aliphatic rings. The van der Waals surface area contributed by atoms with Gasteiger partial charge >= 0.3 is 0 Å². The molecule has 26 heavy (non-hydrogen) atoms. The van der Waals surface area contributed by atoms with Crippen molar-refractivity contribution in [3.05, 3.63) is 30.8 Å². The van der Waals surface area contributed by atoms with Crippen LogP contribution in [0.3, 0.4) is 0 Å². The van der Waals surface area contributed by atoms with Crippen molar-refractivity contribution in [3.63, 3.8) is 0 Å². The van der Waals surface area contributed by atoms with Gasteiger partial charge < -0.3 is 9.73 Å². The van der Waals surface area contributed by atoms with Crippen LogP contribution in [-0.4, -0.2) is 36.2 Å². The molecule has 8 heteroatoms. The molecule has 2 aromatic heterocycles. The predicted octanol–water partition coefficient (Wildman–Crippen LogP) is 3.04. The third kappa shape index (κ3) is 4.82. The van der Waals surface area contributed by atoms with E-state index in [0.29, 0.717) is 24.4 Å². The summed E-state index contributed by atoms with van der Waals surface area (Å²) in [6, 6.07) is 4.24. The summed E-state index contributed by atoms with van der Waals surface area (Å²) >= 11 is 0. The molecular formula is C18H26N4O3S. The first kappa shape index (κ1) is 18.8. The summed E-state index contributed by atoms with van der Waals surface area (Å²) in [5, 5.41) is 3.08. The Morgan fingerprint density at radius 3 is 2.54 bits per heavy atom. The molecule has 0 radical (unpaired) electrons. The number of oxazole rings is 1. The van der Waals surface area contributed by atoms with Gasteiger partial charge in [0.2, 0.25) is 15.9 Å². The summed E-state index contributed by atoms with van der Waals surface area (Å²) in [6.07, 6.45) is 8.94. The van der Waals surface area contributed by atoms with E-state index in [4.69, 9.17) is 4.42 Å². The van der Waals surface area contributed by atoms with Gasteiger partial charge in [0.15, 0.2) is 0 Å². The number of hydrogen-bond acceptors (Lipinski definition) is 6. The fourth-order valence-electron chi connectivity index (χ4n) is 3.09. The van der Waals surface area contributed by atoms with Gasteiger partial charge in [-0.2, -0.15) is 0 Å². The maximum Gasteiger partial charge on any atom is 0.227 e. The molecular weight excluding hydrogens is 352 g/mol. The SMILES string of the molecule is CC(C)S(=O)(=O)NCC1CCC(Nc2ccc(-c3ncco3)cn2)CC1. The zero-order valence-electron chi connectivity index (χ0n) is 15.2. The normalized spacial score (nSPS) is 21.0. The van der Waals surface area contributed by atoms with Gasteiger partial charge in [0.1, 0.15) is 12.1 Å². The Balaban J connectivity index is 1.45. The van der Waals surface area contributed by atoms with Gasteiger partial charge in [0, 0.05) is 18.8 Å². The van der Waals surface area contributed by atoms with Crippen LogP contribution < -0.4 is 10.0 Å². The second-order valence-electron chi connectivity index (χ2n) is 7.07. The summed E-state index contributed by atoms with van der Waals surface area (Å²) in [4.78, 5) is 8.54. The van der Waals surface area contributed by atoms with Crippen molar-refractivity contribution in [2.45, 2.75) is 50.8 Å². The molecule has 0 aliphatic heterocycles. The van der Waals surface area contributed by atoms with Gasteiger partial charge in [-0.25, -0.2) is 23.1 Å². The quantitative estimate of drug-likeness (QED) is 0.769. The highest BCUT2D eigenvalue weighted by atomic mass is 32.2. The Hall–Kier alpha value is -1.93. The summed E-state index contributed by atoms with van der Waals surface area (Å²) < 4.78 is 31.7. The summed E-state index contributed by atoms with van der Waals surface area (Å²) in [6.45, 7) is 3.93. The van der Waals surface area contributed by atoms with Crippen LogP contribution in [0.1, 0.15) is 39.5 Å². The summed E-state index contributed by atoms with van der Waals surface area (Å²) in [7, 11) is -3.17. The van der Waals surface area contributed by atoms with E-state index in [1.165, 1.54) is 0 Å². The molecule has 2 heterocycles. The van der Waals surface area contributed by atoms with Crippen LogP contribution in [0.2, 0.25) is 0 Å². The first-order valence-electron chi connectivity index (χ1n) is 9.05. The average Bonchev–Trinajstić information content (AvgIpc) is 3.16. The fraction of sp³-hybridized carbons (Fsp3) is 0.556. The molecule has 2 aromatic rings. The molecule has 0 unspecified atom stereocenters. The molecule has 0 spiro atoms. The Labute approximate surface area is 154 Å². The zero-order valence-corrected chi connectivity index (χ0v) is 16.0. The third-order valence-corrected chi connectivity index (χ3v) is 6.65. The zero-order chi connectivity index (χ0) is 18.6. The van der Waals surface area contributed by atoms with Gasteiger partial charge in [-0.3, -0.25) is 0 Å². The minimum Gasteiger partial charge on any atom is -0.444 e. The van der Waals surface area contributed by atoms with Crippen molar-refractivity contribution >= 4 is 15.8 Å². The molecule has 142 valence electrons. The third-order valence-electron chi connectivity index (χ3n) is 4.84. The smallest absolute Gasteiger partial charge is 0.227 e. The average molecular weight is 378 g/mol. The number of pyridine rings is 1. The van der Waals surface area contributed by atoms with E-state index in [1.807, 2.05) is 12.1 Å². The lowest BCUT2D eigenvalue weighted by molar-refractivity contribution is 0.336. The van der Waals surface area contributed by atoms with Crippen LogP contribution in [0, 0.1) is 5.92 Å². The van der Waals surface area contributed by atoms with Gasteiger partial charge in [0.05, 0.1) is 17.0 Å². The van der Waals surface area contributed by atoms with E-state index in [2.05, 4.69) is 20.0 Å². The van der Waals surface area contributed by atoms with E-state index in [1.54, 1.807) is 32.5 Å². The first-order valence-corrected chi connectivity index (χ1v) is 10.6. The van der Waals surface area contributed by atoms with Crippen LogP contribution in [0.15, 0.2) is 35.2 Å². The maximum absolute atomic E-state index is 11.8. The fourth-order valence-corrected chi connectivity index (χ4v) is 3.89. The van der Waals surface area contributed by atoms with Crippen LogP contribution in [0.5, 0.6) is 0 Å². The largest absolute Gasteiger partial charge is 0.444 e. The van der Waals surface area contributed by atoms with Crippen LogP contribution >= 0.6 is 0 Å². The number of sulfonamides is 1. The van der Waals surface area contributed by atoms with Gasteiger partial charge in [-0.05, 0) is 57.6 Å². The van der Waals surface area contributed by atoms with Crippen LogP contribution in [0.25, 0.3) is 11.5 Å². The highest BCUT2D eigenvalue weighted by molar-refractivity contribution is 7.90. The maximum atomic E-state index is 11.8. The summed E-state index contributed by atoms with van der Waals surface area (Å²) in [5.74, 6) is 1.81. The second kappa shape index (κ2) is 8.18. The first-order chi connectivity index (χ1) is 12.4. The number of rotatable bonds is 7. The van der Waals surface area contributed by atoms with Crippen molar-refractivity contribution in [3.8, 4) is 11.5 Å². The highest BCUT2D eigenvalue weighted by Gasteiger charge is 2.23. The van der Waals surface area contributed by atoms with Crippen LogP contribution in [0.4, 0.5) is 5.82 Å². The molecule has 1 saturated carbocycles. The van der Waals surface area contributed by atoms with E-state index < -0.39 is 10.0 Å². The standard InChI is InChI=1S/C18H26N4O3S/c1-13(2)26(23,24)21-11-14-3-6-16(7-4-14)22-17-8-5-15(12-20-17)18-19-9-10-25-18/h5,8-10,12-14,16,21H,3-4,6-7,11H2,1-2H3,(H,20,22). The lowest BCUT2D eigenvalue weighted by atomic mass is 9.86. The van der Waals surface area contributed by atoms with Gasteiger partial charge in [-0.1, -0.05) is 0 Å². The van der Waals surface area contributed by atoms with Gasteiger partial charge in [0.25, 0.3) is 0 Å². The molecule has 3 rings (SSSR count). The van der Waals surface area contributed by atoms with Gasteiger partial charge in [-0.15, -0.1) is 0 Å². The number of aromatic nitrogens is 2. The molecule has 0 saturated heterocycles.